The van der Waals surface area contributed by atoms with Gasteiger partial charge in [0.15, 0.2) is 0 Å². The zero-order valence-electron chi connectivity index (χ0n) is 13.6. The van der Waals surface area contributed by atoms with Crippen LogP contribution in [0.15, 0.2) is 24.5 Å². The zero-order valence-corrected chi connectivity index (χ0v) is 13.6. The average molecular weight is 319 g/mol. The number of aromatic nitrogens is 1. The normalized spacial score (nSPS) is 27.1. The van der Waals surface area contributed by atoms with E-state index in [0.29, 0.717) is 25.5 Å². The predicted molar refractivity (Wildman–Crippen MR) is 85.8 cm³/mol. The van der Waals surface area contributed by atoms with Crippen molar-refractivity contribution in [3.05, 3.63) is 30.1 Å². The molecule has 1 aromatic rings. The van der Waals surface area contributed by atoms with Gasteiger partial charge in [-0.1, -0.05) is 0 Å². The Labute approximate surface area is 137 Å². The summed E-state index contributed by atoms with van der Waals surface area (Å²) in [5, 5.41) is 2.86. The monoisotopic (exact) mass is 319 g/mol. The van der Waals surface area contributed by atoms with Crippen molar-refractivity contribution in [2.75, 3.05) is 33.4 Å². The smallest absolute Gasteiger partial charge is 0.222 e. The van der Waals surface area contributed by atoms with Crippen LogP contribution in [0.2, 0.25) is 0 Å². The number of pyridine rings is 1. The molecule has 2 aliphatic rings. The maximum absolute atomic E-state index is 11.8. The van der Waals surface area contributed by atoms with Crippen LogP contribution >= 0.6 is 0 Å². The van der Waals surface area contributed by atoms with Crippen LogP contribution in [0.3, 0.4) is 0 Å². The molecule has 2 saturated heterocycles. The maximum atomic E-state index is 11.8. The summed E-state index contributed by atoms with van der Waals surface area (Å²) in [5.41, 5.74) is 1.29. The van der Waals surface area contributed by atoms with E-state index in [2.05, 4.69) is 27.3 Å². The molecule has 126 valence electrons. The highest BCUT2D eigenvalue weighted by molar-refractivity contribution is 5.76. The standard InChI is InChI=1S/C17H25N3O3/c1-22-7-6-19-17(21)9-15-8-14-11-20(12-16(14)23-15)10-13-2-4-18-5-3-13/h2-5,14-16H,6-12H2,1H3,(H,19,21)/t14-,15+,16+/m0/s1. The molecule has 0 saturated carbocycles. The largest absolute Gasteiger partial charge is 0.383 e. The zero-order chi connectivity index (χ0) is 16.1. The van der Waals surface area contributed by atoms with Gasteiger partial charge in [-0.2, -0.15) is 0 Å². The summed E-state index contributed by atoms with van der Waals surface area (Å²) in [4.78, 5) is 18.3. The number of hydrogen-bond donors (Lipinski definition) is 1. The quantitative estimate of drug-likeness (QED) is 0.754. The van der Waals surface area contributed by atoms with Gasteiger partial charge in [0.05, 0.1) is 25.2 Å². The minimum absolute atomic E-state index is 0.0562. The van der Waals surface area contributed by atoms with E-state index in [-0.39, 0.29) is 18.1 Å². The molecule has 2 fully saturated rings. The first-order valence-electron chi connectivity index (χ1n) is 8.27. The number of hydrogen-bond acceptors (Lipinski definition) is 5. The third kappa shape index (κ3) is 4.50. The van der Waals surface area contributed by atoms with Crippen molar-refractivity contribution in [2.24, 2.45) is 5.92 Å². The second kappa shape index (κ2) is 7.86. The van der Waals surface area contributed by atoms with Crippen LogP contribution in [-0.4, -0.2) is 61.3 Å². The topological polar surface area (TPSA) is 63.7 Å². The van der Waals surface area contributed by atoms with E-state index >= 15 is 0 Å². The number of nitrogens with zero attached hydrogens (tertiary/aromatic N) is 2. The van der Waals surface area contributed by atoms with Crippen LogP contribution in [-0.2, 0) is 20.8 Å². The molecule has 1 aromatic heterocycles. The van der Waals surface area contributed by atoms with Crippen molar-refractivity contribution in [1.82, 2.24) is 15.2 Å². The van der Waals surface area contributed by atoms with Crippen LogP contribution in [0, 0.1) is 5.92 Å². The van der Waals surface area contributed by atoms with Crippen molar-refractivity contribution in [3.63, 3.8) is 0 Å². The molecular weight excluding hydrogens is 294 g/mol. The third-order valence-electron chi connectivity index (χ3n) is 4.59. The van der Waals surface area contributed by atoms with E-state index in [4.69, 9.17) is 9.47 Å². The second-order valence-corrected chi connectivity index (χ2v) is 6.39. The van der Waals surface area contributed by atoms with E-state index in [0.717, 1.165) is 26.1 Å². The molecule has 3 rings (SSSR count). The minimum Gasteiger partial charge on any atom is -0.383 e. The lowest BCUT2D eigenvalue weighted by Crippen LogP contribution is -2.31. The molecule has 2 aliphatic heterocycles. The molecular formula is C17H25N3O3. The Morgan fingerprint density at radius 1 is 1.43 bits per heavy atom. The molecule has 0 bridgehead atoms. The molecule has 23 heavy (non-hydrogen) atoms. The van der Waals surface area contributed by atoms with Gasteiger partial charge in [-0.25, -0.2) is 0 Å². The van der Waals surface area contributed by atoms with E-state index in [1.807, 2.05) is 12.4 Å². The van der Waals surface area contributed by atoms with Crippen LogP contribution in [0.5, 0.6) is 0 Å². The van der Waals surface area contributed by atoms with E-state index in [1.54, 1.807) is 7.11 Å². The fourth-order valence-corrected chi connectivity index (χ4v) is 3.53. The number of methoxy groups -OCH3 is 1. The second-order valence-electron chi connectivity index (χ2n) is 6.39. The summed E-state index contributed by atoms with van der Waals surface area (Å²) < 4.78 is 11.0. The van der Waals surface area contributed by atoms with Crippen molar-refractivity contribution in [2.45, 2.75) is 31.6 Å². The summed E-state index contributed by atoms with van der Waals surface area (Å²) in [6.45, 7) is 4.06. The first kappa shape index (κ1) is 16.4. The highest BCUT2D eigenvalue weighted by atomic mass is 16.5. The van der Waals surface area contributed by atoms with Crippen molar-refractivity contribution in [1.29, 1.82) is 0 Å². The molecule has 1 N–H and O–H groups in total. The van der Waals surface area contributed by atoms with Crippen molar-refractivity contribution >= 4 is 5.91 Å². The van der Waals surface area contributed by atoms with Crippen molar-refractivity contribution in [3.8, 4) is 0 Å². The Morgan fingerprint density at radius 2 is 2.26 bits per heavy atom. The minimum atomic E-state index is 0.0562. The Morgan fingerprint density at radius 3 is 3.00 bits per heavy atom. The highest BCUT2D eigenvalue weighted by Gasteiger charge is 2.42. The van der Waals surface area contributed by atoms with Crippen LogP contribution in [0.1, 0.15) is 18.4 Å². The van der Waals surface area contributed by atoms with Crippen LogP contribution < -0.4 is 5.32 Å². The van der Waals surface area contributed by atoms with Gasteiger partial charge in [-0.3, -0.25) is 14.7 Å². The Bertz CT molecular complexity index is 497. The summed E-state index contributed by atoms with van der Waals surface area (Å²) in [6.07, 6.45) is 5.45. The summed E-state index contributed by atoms with van der Waals surface area (Å²) in [5.74, 6) is 0.606. The van der Waals surface area contributed by atoms with Gasteiger partial charge >= 0.3 is 0 Å². The molecule has 0 unspecified atom stereocenters. The number of fused-ring (bicyclic) bond motifs is 1. The summed E-state index contributed by atoms with van der Waals surface area (Å²) >= 11 is 0. The molecule has 6 heteroatoms. The Hall–Kier alpha value is -1.50. The molecule has 1 amide bonds. The maximum Gasteiger partial charge on any atom is 0.222 e. The number of carbonyl (C=O) groups is 1. The average Bonchev–Trinajstić information content (AvgIpc) is 3.06. The van der Waals surface area contributed by atoms with Gasteiger partial charge in [-0.05, 0) is 24.1 Å². The lowest BCUT2D eigenvalue weighted by atomic mass is 10.0. The van der Waals surface area contributed by atoms with E-state index in [1.165, 1.54) is 5.56 Å². The number of amides is 1. The van der Waals surface area contributed by atoms with Gasteiger partial charge in [0.25, 0.3) is 0 Å². The van der Waals surface area contributed by atoms with E-state index < -0.39 is 0 Å². The molecule has 3 atom stereocenters. The van der Waals surface area contributed by atoms with Gasteiger partial charge < -0.3 is 14.8 Å². The first-order chi connectivity index (χ1) is 11.2. The molecule has 3 heterocycles. The molecule has 0 aliphatic carbocycles. The van der Waals surface area contributed by atoms with Gasteiger partial charge in [-0.15, -0.1) is 0 Å². The Kier molecular flexibility index (Phi) is 5.59. The van der Waals surface area contributed by atoms with Gasteiger partial charge in [0.1, 0.15) is 0 Å². The predicted octanol–water partition coefficient (Wildman–Crippen LogP) is 0.824. The molecule has 6 nitrogen and oxygen atoms in total. The number of ether oxygens (including phenoxy) is 2. The lowest BCUT2D eigenvalue weighted by Gasteiger charge is -2.19. The van der Waals surface area contributed by atoms with Crippen LogP contribution in [0.25, 0.3) is 0 Å². The fraction of sp³-hybridized carbons (Fsp3) is 0.647. The van der Waals surface area contributed by atoms with Gasteiger partial charge in [0.2, 0.25) is 5.91 Å². The lowest BCUT2D eigenvalue weighted by molar-refractivity contribution is -0.124. The number of nitrogens with one attached hydrogen (secondary N) is 1. The summed E-state index contributed by atoms with van der Waals surface area (Å²) in [7, 11) is 1.63. The SMILES string of the molecule is COCCNC(=O)C[C@H]1C[C@H]2CN(Cc3ccncc3)C[C@H]2O1. The molecule has 0 aromatic carbocycles. The van der Waals surface area contributed by atoms with Crippen molar-refractivity contribution < 1.29 is 14.3 Å². The summed E-state index contributed by atoms with van der Waals surface area (Å²) in [6, 6.07) is 4.12. The first-order valence-corrected chi connectivity index (χ1v) is 8.27. The number of likely N-dealkylation sites (tertiary alicyclic amines) is 1. The van der Waals surface area contributed by atoms with E-state index in [9.17, 15) is 4.79 Å². The fourth-order valence-electron chi connectivity index (χ4n) is 3.53. The number of rotatable bonds is 7. The molecule has 0 spiro atoms. The molecule has 0 radical (unpaired) electrons. The number of carbonyl (C=O) groups excluding carboxylic acids is 1. The third-order valence-corrected chi connectivity index (χ3v) is 4.59. The Balaban J connectivity index is 1.40. The van der Waals surface area contributed by atoms with Gasteiger partial charge in [0, 0.05) is 51.6 Å². The highest BCUT2D eigenvalue weighted by Crippen LogP contribution is 2.34. The van der Waals surface area contributed by atoms with Crippen LogP contribution in [0.4, 0.5) is 0 Å².